The Morgan fingerprint density at radius 1 is 1.50 bits per heavy atom. The minimum Gasteiger partial charge on any atom is -0.342 e. The molecule has 0 radical (unpaired) electrons. The van der Waals surface area contributed by atoms with Crippen LogP contribution < -0.4 is 5.32 Å². The van der Waals surface area contributed by atoms with Gasteiger partial charge in [0.05, 0.1) is 10.9 Å². The lowest BCUT2D eigenvalue weighted by Gasteiger charge is -2.32. The number of thioether (sulfide) groups is 1. The summed E-state index contributed by atoms with van der Waals surface area (Å²) in [5, 5.41) is 3.08. The van der Waals surface area contributed by atoms with E-state index in [1.54, 1.807) is 12.1 Å². The van der Waals surface area contributed by atoms with Gasteiger partial charge in [0.25, 0.3) is 0 Å². The van der Waals surface area contributed by atoms with Crippen LogP contribution in [0.25, 0.3) is 0 Å². The van der Waals surface area contributed by atoms with Crippen molar-refractivity contribution in [2.24, 2.45) is 5.92 Å². The molecule has 0 aromatic heterocycles. The molecule has 0 saturated carbocycles. The Morgan fingerprint density at radius 2 is 2.32 bits per heavy atom. The largest absolute Gasteiger partial charge is 0.342 e. The van der Waals surface area contributed by atoms with Crippen LogP contribution in [0.2, 0.25) is 5.02 Å². The number of halogens is 1. The van der Waals surface area contributed by atoms with Crippen molar-refractivity contribution < 1.29 is 9.59 Å². The Labute approximate surface area is 139 Å². The van der Waals surface area contributed by atoms with Crippen molar-refractivity contribution in [1.29, 1.82) is 0 Å². The average molecular weight is 339 g/mol. The third-order valence-corrected chi connectivity index (χ3v) is 5.64. The molecule has 2 aliphatic heterocycles. The first-order valence-electron chi connectivity index (χ1n) is 7.58. The predicted octanol–water partition coefficient (Wildman–Crippen LogP) is 3.40. The normalized spacial score (nSPS) is 24.6. The van der Waals surface area contributed by atoms with E-state index in [4.69, 9.17) is 11.6 Å². The van der Waals surface area contributed by atoms with E-state index in [-0.39, 0.29) is 23.5 Å². The van der Waals surface area contributed by atoms with E-state index < -0.39 is 0 Å². The van der Waals surface area contributed by atoms with Crippen LogP contribution >= 0.6 is 23.4 Å². The third-order valence-electron chi connectivity index (χ3n) is 4.13. The molecule has 0 unspecified atom stereocenters. The number of hydrogen-bond acceptors (Lipinski definition) is 3. The lowest BCUT2D eigenvalue weighted by atomic mass is 10.00. The first kappa shape index (κ1) is 15.7. The van der Waals surface area contributed by atoms with Crippen molar-refractivity contribution in [1.82, 2.24) is 4.90 Å². The molecule has 1 N–H and O–H groups in total. The van der Waals surface area contributed by atoms with Crippen molar-refractivity contribution in [3.05, 3.63) is 23.2 Å². The molecule has 0 bridgehead atoms. The zero-order valence-electron chi connectivity index (χ0n) is 12.5. The molecule has 2 heterocycles. The van der Waals surface area contributed by atoms with Crippen LogP contribution in [-0.4, -0.2) is 35.1 Å². The van der Waals surface area contributed by atoms with E-state index in [0.717, 1.165) is 30.1 Å². The number of hydrogen-bond donors (Lipinski definition) is 1. The highest BCUT2D eigenvalue weighted by atomic mass is 35.5. The lowest BCUT2D eigenvalue weighted by molar-refractivity contribution is -0.134. The minimum absolute atomic E-state index is 0.0802. The molecule has 2 atom stereocenters. The van der Waals surface area contributed by atoms with Crippen LogP contribution in [0.1, 0.15) is 26.2 Å². The number of fused-ring (bicyclic) bond motifs is 1. The van der Waals surface area contributed by atoms with Crippen LogP contribution in [-0.2, 0) is 9.59 Å². The highest BCUT2D eigenvalue weighted by molar-refractivity contribution is 8.01. The predicted molar refractivity (Wildman–Crippen MR) is 89.3 cm³/mol. The number of likely N-dealkylation sites (tertiary alicyclic amines) is 1. The molecule has 0 aliphatic carbocycles. The molecule has 1 saturated heterocycles. The molecule has 3 rings (SSSR count). The SMILES string of the molecule is C[C@H]1CCCN(C(=O)C[C@@H]2Sc3ccc(Cl)cc3NC2=O)C1. The second-order valence-corrected chi connectivity index (χ2v) is 7.71. The third kappa shape index (κ3) is 3.41. The number of anilines is 1. The molecule has 22 heavy (non-hydrogen) atoms. The maximum Gasteiger partial charge on any atom is 0.238 e. The molecule has 1 aromatic carbocycles. The first-order chi connectivity index (χ1) is 10.5. The van der Waals surface area contributed by atoms with Crippen LogP contribution in [0.15, 0.2) is 23.1 Å². The van der Waals surface area contributed by atoms with Gasteiger partial charge in [-0.05, 0) is 37.0 Å². The van der Waals surface area contributed by atoms with Crippen LogP contribution in [0, 0.1) is 5.92 Å². The van der Waals surface area contributed by atoms with Gasteiger partial charge in [-0.2, -0.15) is 0 Å². The quantitative estimate of drug-likeness (QED) is 0.899. The summed E-state index contributed by atoms with van der Waals surface area (Å²) in [5.74, 6) is 0.517. The van der Waals surface area contributed by atoms with E-state index in [0.29, 0.717) is 10.9 Å². The highest BCUT2D eigenvalue weighted by Crippen LogP contribution is 2.38. The number of rotatable bonds is 2. The van der Waals surface area contributed by atoms with Gasteiger partial charge >= 0.3 is 0 Å². The monoisotopic (exact) mass is 338 g/mol. The van der Waals surface area contributed by atoms with Crippen molar-refractivity contribution >= 4 is 40.9 Å². The molecular weight excluding hydrogens is 320 g/mol. The molecule has 118 valence electrons. The molecule has 2 amide bonds. The van der Waals surface area contributed by atoms with Crippen molar-refractivity contribution in [2.75, 3.05) is 18.4 Å². The fourth-order valence-electron chi connectivity index (χ4n) is 2.96. The molecule has 0 spiro atoms. The number of carbonyl (C=O) groups excluding carboxylic acids is 2. The Kier molecular flexibility index (Phi) is 4.64. The van der Waals surface area contributed by atoms with Crippen LogP contribution in [0.3, 0.4) is 0 Å². The van der Waals surface area contributed by atoms with Gasteiger partial charge in [-0.3, -0.25) is 9.59 Å². The molecular formula is C16H19ClN2O2S. The summed E-state index contributed by atoms with van der Waals surface area (Å²) < 4.78 is 0. The lowest BCUT2D eigenvalue weighted by Crippen LogP contribution is -2.42. The fraction of sp³-hybridized carbons (Fsp3) is 0.500. The standard InChI is InChI=1S/C16H19ClN2O2S/c1-10-3-2-6-19(9-10)15(20)8-14-16(21)18-12-7-11(17)4-5-13(12)22-14/h4-5,7,10,14H,2-3,6,8-9H2,1H3,(H,18,21)/t10-,14-/m0/s1. The van der Waals surface area contributed by atoms with Gasteiger partial charge in [0.15, 0.2) is 0 Å². The summed E-state index contributed by atoms with van der Waals surface area (Å²) in [7, 11) is 0. The van der Waals surface area contributed by atoms with Crippen molar-refractivity contribution in [3.63, 3.8) is 0 Å². The zero-order chi connectivity index (χ0) is 15.7. The number of benzene rings is 1. The summed E-state index contributed by atoms with van der Waals surface area (Å²) in [6.45, 7) is 3.79. The van der Waals surface area contributed by atoms with Gasteiger partial charge in [-0.1, -0.05) is 18.5 Å². The van der Waals surface area contributed by atoms with Gasteiger partial charge in [-0.15, -0.1) is 11.8 Å². The van der Waals surface area contributed by atoms with Gasteiger partial charge < -0.3 is 10.2 Å². The summed E-state index contributed by atoms with van der Waals surface area (Å²) in [4.78, 5) is 27.5. The van der Waals surface area contributed by atoms with Crippen molar-refractivity contribution in [2.45, 2.75) is 36.3 Å². The van der Waals surface area contributed by atoms with Gasteiger partial charge in [-0.25, -0.2) is 0 Å². The zero-order valence-corrected chi connectivity index (χ0v) is 14.0. The minimum atomic E-state index is -0.363. The van der Waals surface area contributed by atoms with Gasteiger partial charge in [0.2, 0.25) is 11.8 Å². The first-order valence-corrected chi connectivity index (χ1v) is 8.83. The molecule has 6 heteroatoms. The topological polar surface area (TPSA) is 49.4 Å². The second-order valence-electron chi connectivity index (χ2n) is 6.03. The maximum atomic E-state index is 12.4. The number of nitrogens with zero attached hydrogens (tertiary/aromatic N) is 1. The number of amides is 2. The van der Waals surface area contributed by atoms with Gasteiger partial charge in [0, 0.05) is 29.4 Å². The average Bonchev–Trinajstić information content (AvgIpc) is 2.48. The molecule has 2 aliphatic rings. The molecule has 4 nitrogen and oxygen atoms in total. The number of piperidine rings is 1. The summed E-state index contributed by atoms with van der Waals surface area (Å²) in [6.07, 6.45) is 2.49. The van der Waals surface area contributed by atoms with E-state index in [1.807, 2.05) is 11.0 Å². The Morgan fingerprint density at radius 3 is 3.09 bits per heavy atom. The fourth-order valence-corrected chi connectivity index (χ4v) is 4.21. The van der Waals surface area contributed by atoms with E-state index in [1.165, 1.54) is 18.2 Å². The van der Waals surface area contributed by atoms with Gasteiger partial charge in [0.1, 0.15) is 0 Å². The molecule has 1 aromatic rings. The Balaban J connectivity index is 1.67. The van der Waals surface area contributed by atoms with Crippen LogP contribution in [0.4, 0.5) is 5.69 Å². The summed E-state index contributed by atoms with van der Waals surface area (Å²) in [5.41, 5.74) is 0.734. The highest BCUT2D eigenvalue weighted by Gasteiger charge is 2.31. The Bertz CT molecular complexity index is 608. The number of nitrogens with one attached hydrogen (secondary N) is 1. The number of carbonyl (C=O) groups is 2. The smallest absolute Gasteiger partial charge is 0.238 e. The van der Waals surface area contributed by atoms with Crippen molar-refractivity contribution in [3.8, 4) is 0 Å². The second kappa shape index (κ2) is 6.50. The van der Waals surface area contributed by atoms with E-state index in [2.05, 4.69) is 12.2 Å². The van der Waals surface area contributed by atoms with E-state index in [9.17, 15) is 9.59 Å². The van der Waals surface area contributed by atoms with Crippen LogP contribution in [0.5, 0.6) is 0 Å². The Hall–Kier alpha value is -1.20. The van der Waals surface area contributed by atoms with E-state index >= 15 is 0 Å². The summed E-state index contributed by atoms with van der Waals surface area (Å²) in [6, 6.07) is 5.43. The summed E-state index contributed by atoms with van der Waals surface area (Å²) >= 11 is 7.39. The maximum absolute atomic E-state index is 12.4. The molecule has 1 fully saturated rings.